The first-order valence-corrected chi connectivity index (χ1v) is 16.5. The number of hydrogen-bond acceptors (Lipinski definition) is 4. The summed E-state index contributed by atoms with van der Waals surface area (Å²) in [5.41, 5.74) is 9.22. The standard InChI is InChI=1S/C26H23NO2.C18H15NO2/c1-17-7-6-8-20(13-17)15-27-16-23(26(29)22-9-4-5-10-24(22)27)25(28)21-12-11-18(2)19(3)14-21;1-11-7-8-13(9-12(11)2)17(20)15-10-19-16-6-4-3-5-14(16)18(15)21/h4-14,16H,15H2,1-3H3;3-10H,1-2H3,(H,19,21). The molecule has 2 heterocycles. The Morgan fingerprint density at radius 3 is 1.80 bits per heavy atom. The zero-order valence-corrected chi connectivity index (χ0v) is 28.8. The number of para-hydroxylation sites is 2. The molecule has 1 N–H and O–H groups in total. The third kappa shape index (κ3) is 6.87. The number of aromatic nitrogens is 2. The second-order valence-corrected chi connectivity index (χ2v) is 12.8. The Kier molecular flexibility index (Phi) is 9.55. The van der Waals surface area contributed by atoms with Crippen LogP contribution < -0.4 is 10.9 Å². The molecule has 5 aromatic carbocycles. The minimum absolute atomic E-state index is 0.178. The van der Waals surface area contributed by atoms with E-state index in [1.54, 1.807) is 36.5 Å². The number of nitrogens with zero attached hydrogens (tertiary/aromatic N) is 1. The van der Waals surface area contributed by atoms with E-state index >= 15 is 0 Å². The van der Waals surface area contributed by atoms with Gasteiger partial charge in [-0.2, -0.15) is 0 Å². The Labute approximate surface area is 290 Å². The molecule has 6 heteroatoms. The van der Waals surface area contributed by atoms with Crippen LogP contribution in [0.3, 0.4) is 0 Å². The molecular formula is C44H38N2O4. The quantitative estimate of drug-likeness (QED) is 0.181. The number of rotatable bonds is 6. The van der Waals surface area contributed by atoms with Crippen LogP contribution in [0.4, 0.5) is 0 Å². The third-order valence-electron chi connectivity index (χ3n) is 9.24. The number of aromatic amines is 1. The van der Waals surface area contributed by atoms with E-state index in [4.69, 9.17) is 0 Å². The maximum Gasteiger partial charge on any atom is 0.200 e. The van der Waals surface area contributed by atoms with Crippen molar-refractivity contribution in [3.05, 3.63) is 198 Å². The van der Waals surface area contributed by atoms with Crippen molar-refractivity contribution in [1.82, 2.24) is 9.55 Å². The van der Waals surface area contributed by atoms with E-state index in [9.17, 15) is 19.2 Å². The third-order valence-corrected chi connectivity index (χ3v) is 9.24. The monoisotopic (exact) mass is 658 g/mol. The second kappa shape index (κ2) is 14.1. The molecule has 0 atom stereocenters. The van der Waals surface area contributed by atoms with Gasteiger partial charge in [0.05, 0.1) is 16.6 Å². The van der Waals surface area contributed by atoms with Crippen LogP contribution >= 0.6 is 0 Å². The number of nitrogens with one attached hydrogen (secondary N) is 1. The Hall–Kier alpha value is -6.14. The van der Waals surface area contributed by atoms with Crippen molar-refractivity contribution in [2.75, 3.05) is 0 Å². The summed E-state index contributed by atoms with van der Waals surface area (Å²) in [5.74, 6) is -0.480. The lowest BCUT2D eigenvalue weighted by molar-refractivity contribution is 0.102. The number of carbonyl (C=O) groups is 2. The fourth-order valence-corrected chi connectivity index (χ4v) is 6.06. The summed E-state index contributed by atoms with van der Waals surface area (Å²) >= 11 is 0. The van der Waals surface area contributed by atoms with Gasteiger partial charge in [-0.3, -0.25) is 19.2 Å². The summed E-state index contributed by atoms with van der Waals surface area (Å²) < 4.78 is 2.00. The van der Waals surface area contributed by atoms with Crippen LogP contribution in [-0.4, -0.2) is 21.1 Å². The number of H-pyrrole nitrogens is 1. The van der Waals surface area contributed by atoms with E-state index in [1.807, 2.05) is 92.9 Å². The summed E-state index contributed by atoms with van der Waals surface area (Å²) in [7, 11) is 0. The van der Waals surface area contributed by atoms with Crippen molar-refractivity contribution >= 4 is 33.4 Å². The van der Waals surface area contributed by atoms with Crippen molar-refractivity contribution in [3.8, 4) is 0 Å². The molecule has 0 fully saturated rings. The molecule has 0 radical (unpaired) electrons. The topological polar surface area (TPSA) is 89.0 Å². The number of aryl methyl sites for hydroxylation is 5. The molecule has 0 aliphatic heterocycles. The van der Waals surface area contributed by atoms with E-state index in [2.05, 4.69) is 30.1 Å². The number of hydrogen-bond donors (Lipinski definition) is 1. The molecule has 0 aliphatic rings. The predicted octanol–water partition coefficient (Wildman–Crippen LogP) is 8.58. The Morgan fingerprint density at radius 2 is 1.16 bits per heavy atom. The molecule has 7 aromatic rings. The summed E-state index contributed by atoms with van der Waals surface area (Å²) in [6, 6.07) is 34.0. The summed E-state index contributed by atoms with van der Waals surface area (Å²) in [5, 5.41) is 1.10. The van der Waals surface area contributed by atoms with Gasteiger partial charge in [-0.25, -0.2) is 0 Å². The molecular weight excluding hydrogens is 620 g/mol. The Balaban J connectivity index is 0.000000182. The summed E-state index contributed by atoms with van der Waals surface area (Å²) in [4.78, 5) is 54.4. The lowest BCUT2D eigenvalue weighted by Gasteiger charge is -2.14. The number of fused-ring (bicyclic) bond motifs is 2. The van der Waals surface area contributed by atoms with Gasteiger partial charge in [0.1, 0.15) is 0 Å². The minimum Gasteiger partial charge on any atom is -0.360 e. The highest BCUT2D eigenvalue weighted by atomic mass is 16.1. The normalized spacial score (nSPS) is 10.9. The highest BCUT2D eigenvalue weighted by Gasteiger charge is 2.18. The molecule has 50 heavy (non-hydrogen) atoms. The number of benzene rings is 5. The van der Waals surface area contributed by atoms with Gasteiger partial charge < -0.3 is 9.55 Å². The highest BCUT2D eigenvalue weighted by Crippen LogP contribution is 2.19. The van der Waals surface area contributed by atoms with Crippen molar-refractivity contribution in [2.45, 2.75) is 41.2 Å². The van der Waals surface area contributed by atoms with Crippen LogP contribution in [0.15, 0.2) is 131 Å². The van der Waals surface area contributed by atoms with E-state index in [-0.39, 0.29) is 33.6 Å². The molecule has 0 bridgehead atoms. The van der Waals surface area contributed by atoms with Crippen molar-refractivity contribution in [3.63, 3.8) is 0 Å². The van der Waals surface area contributed by atoms with Gasteiger partial charge in [-0.15, -0.1) is 0 Å². The fourth-order valence-electron chi connectivity index (χ4n) is 6.06. The highest BCUT2D eigenvalue weighted by molar-refractivity contribution is 6.11. The fraction of sp³-hybridized carbons (Fsp3) is 0.136. The van der Waals surface area contributed by atoms with Crippen LogP contribution in [0.25, 0.3) is 21.8 Å². The molecule has 0 saturated heterocycles. The van der Waals surface area contributed by atoms with Gasteiger partial charge in [0.25, 0.3) is 0 Å². The average molecular weight is 659 g/mol. The predicted molar refractivity (Wildman–Crippen MR) is 202 cm³/mol. The van der Waals surface area contributed by atoms with Crippen molar-refractivity contribution in [1.29, 1.82) is 0 Å². The maximum absolute atomic E-state index is 13.2. The second-order valence-electron chi connectivity index (χ2n) is 12.8. The van der Waals surface area contributed by atoms with Gasteiger partial charge in [0.2, 0.25) is 10.9 Å². The SMILES string of the molecule is Cc1ccc(C(=O)c2c[nH]c3ccccc3c2=O)cc1C.Cc1cccc(Cn2cc(C(=O)c3ccc(C)c(C)c3)c(=O)c3ccccc32)c1. The van der Waals surface area contributed by atoms with Crippen LogP contribution in [0.1, 0.15) is 65.2 Å². The molecule has 0 spiro atoms. The summed E-state index contributed by atoms with van der Waals surface area (Å²) in [6.07, 6.45) is 3.21. The lowest BCUT2D eigenvalue weighted by atomic mass is 9.98. The molecule has 0 unspecified atom stereocenters. The molecule has 2 aromatic heterocycles. The first-order chi connectivity index (χ1) is 24.0. The minimum atomic E-state index is -0.245. The molecule has 0 saturated carbocycles. The number of carbonyl (C=O) groups excluding carboxylic acids is 2. The zero-order valence-electron chi connectivity index (χ0n) is 28.8. The van der Waals surface area contributed by atoms with E-state index in [0.717, 1.165) is 38.9 Å². The van der Waals surface area contributed by atoms with Gasteiger partial charge in [-0.1, -0.05) is 78.4 Å². The van der Waals surface area contributed by atoms with Crippen LogP contribution in [0, 0.1) is 34.6 Å². The van der Waals surface area contributed by atoms with Gasteiger partial charge in [0.15, 0.2) is 11.6 Å². The van der Waals surface area contributed by atoms with Gasteiger partial charge >= 0.3 is 0 Å². The van der Waals surface area contributed by atoms with Crippen molar-refractivity contribution < 1.29 is 9.59 Å². The summed E-state index contributed by atoms with van der Waals surface area (Å²) in [6.45, 7) is 10.6. The maximum atomic E-state index is 13.2. The molecule has 7 rings (SSSR count). The number of ketones is 2. The van der Waals surface area contributed by atoms with Crippen LogP contribution in [0.5, 0.6) is 0 Å². The first-order valence-electron chi connectivity index (χ1n) is 16.5. The largest absolute Gasteiger partial charge is 0.360 e. The van der Waals surface area contributed by atoms with Gasteiger partial charge in [-0.05, 0) is 98.8 Å². The van der Waals surface area contributed by atoms with Crippen LogP contribution in [0.2, 0.25) is 0 Å². The zero-order chi connectivity index (χ0) is 35.5. The van der Waals surface area contributed by atoms with E-state index < -0.39 is 0 Å². The first kappa shape index (κ1) is 33.7. The van der Waals surface area contributed by atoms with Crippen LogP contribution in [-0.2, 0) is 6.54 Å². The smallest absolute Gasteiger partial charge is 0.200 e. The lowest BCUT2D eigenvalue weighted by Crippen LogP contribution is -2.20. The Bertz CT molecular complexity index is 2560. The van der Waals surface area contributed by atoms with Gasteiger partial charge in [0, 0.05) is 46.4 Å². The number of pyridine rings is 2. The molecule has 0 amide bonds. The molecule has 0 aliphatic carbocycles. The van der Waals surface area contributed by atoms with Crippen molar-refractivity contribution in [2.24, 2.45) is 0 Å². The average Bonchev–Trinajstić information content (AvgIpc) is 3.12. The molecule has 248 valence electrons. The van der Waals surface area contributed by atoms with E-state index in [0.29, 0.717) is 28.4 Å². The van der Waals surface area contributed by atoms with E-state index in [1.165, 1.54) is 11.8 Å². The molecule has 6 nitrogen and oxygen atoms in total. The Morgan fingerprint density at radius 1 is 0.580 bits per heavy atom.